The zero-order valence-corrected chi connectivity index (χ0v) is 30.3. The van der Waals surface area contributed by atoms with Crippen LogP contribution in [0.4, 0.5) is 0 Å². The molecule has 0 nitrogen and oxygen atoms in total. The summed E-state index contributed by atoms with van der Waals surface area (Å²) in [5, 5.41) is 10.1. The van der Waals surface area contributed by atoms with Gasteiger partial charge < -0.3 is 0 Å². The SMILES string of the molecule is C/C=C\c1c(C)cccc1-c1ccc(-c2ccc3c(-c4ccc5ccccc5c4)c4ccccc4c(-c4ccc5ccccc5c4)c3c2)cc1.CC. The molecule has 0 aliphatic heterocycles. The Labute approximate surface area is 307 Å². The largest absolute Gasteiger partial charge is 0.0870 e. The summed E-state index contributed by atoms with van der Waals surface area (Å²) >= 11 is 0. The first-order valence-corrected chi connectivity index (χ1v) is 18.5. The maximum Gasteiger partial charge on any atom is -0.00259 e. The standard InChI is InChI=1S/C50H36.C2H6/c1-3-11-43-33(2)12-10-19-44(43)37-24-20-36(21-25-37)40-28-29-47-48(32-40)50(42-27-23-35-14-5-7-16-39(35)31-42)46-18-9-8-17-45(46)49(47)41-26-22-34-13-4-6-15-38(34)30-41;1-2/h3-32H,1-2H3;1-2H3/b11-3-;. The first kappa shape index (κ1) is 32.9. The molecule has 52 heavy (non-hydrogen) atoms. The van der Waals surface area contributed by atoms with Crippen LogP contribution < -0.4 is 0 Å². The Balaban J connectivity index is 0.00000190. The Morgan fingerprint density at radius 1 is 0.365 bits per heavy atom. The van der Waals surface area contributed by atoms with E-state index in [1.54, 1.807) is 0 Å². The van der Waals surface area contributed by atoms with Crippen molar-refractivity contribution < 1.29 is 0 Å². The zero-order valence-electron chi connectivity index (χ0n) is 30.3. The normalized spacial score (nSPS) is 11.4. The van der Waals surface area contributed by atoms with E-state index in [1.807, 2.05) is 13.8 Å². The van der Waals surface area contributed by atoms with Crippen LogP contribution in [0.3, 0.4) is 0 Å². The van der Waals surface area contributed by atoms with Crippen LogP contribution in [0.5, 0.6) is 0 Å². The molecule has 0 heterocycles. The minimum Gasteiger partial charge on any atom is -0.0870 e. The van der Waals surface area contributed by atoms with Gasteiger partial charge in [0.15, 0.2) is 0 Å². The van der Waals surface area contributed by atoms with Gasteiger partial charge in [0.1, 0.15) is 0 Å². The second kappa shape index (κ2) is 14.2. The fraction of sp³-hybridized carbons (Fsp3) is 0.0769. The fourth-order valence-corrected chi connectivity index (χ4v) is 7.83. The van der Waals surface area contributed by atoms with Crippen molar-refractivity contribution >= 4 is 49.2 Å². The van der Waals surface area contributed by atoms with E-state index >= 15 is 0 Å². The van der Waals surface area contributed by atoms with Crippen LogP contribution in [-0.2, 0) is 0 Å². The van der Waals surface area contributed by atoms with Crippen molar-refractivity contribution in [2.24, 2.45) is 0 Å². The van der Waals surface area contributed by atoms with Gasteiger partial charge in [-0.2, -0.15) is 0 Å². The summed E-state index contributed by atoms with van der Waals surface area (Å²) in [5.74, 6) is 0. The van der Waals surface area contributed by atoms with E-state index < -0.39 is 0 Å². The van der Waals surface area contributed by atoms with E-state index in [2.05, 4.69) is 196 Å². The van der Waals surface area contributed by atoms with Gasteiger partial charge in [0.2, 0.25) is 0 Å². The summed E-state index contributed by atoms with van der Waals surface area (Å²) in [6.45, 7) is 8.27. The van der Waals surface area contributed by atoms with Crippen LogP contribution >= 0.6 is 0 Å². The molecule has 0 saturated heterocycles. The molecule has 0 fully saturated rings. The Hall–Kier alpha value is -6.24. The lowest BCUT2D eigenvalue weighted by Crippen LogP contribution is -1.92. The van der Waals surface area contributed by atoms with Crippen molar-refractivity contribution in [2.45, 2.75) is 27.7 Å². The van der Waals surface area contributed by atoms with E-state index in [9.17, 15) is 0 Å². The van der Waals surface area contributed by atoms with Gasteiger partial charge in [-0.1, -0.05) is 178 Å². The van der Waals surface area contributed by atoms with Crippen molar-refractivity contribution in [3.8, 4) is 44.5 Å². The van der Waals surface area contributed by atoms with Gasteiger partial charge >= 0.3 is 0 Å². The third kappa shape index (κ3) is 5.87. The zero-order chi connectivity index (χ0) is 35.6. The number of hydrogen-bond donors (Lipinski definition) is 0. The van der Waals surface area contributed by atoms with Gasteiger partial charge in [-0.25, -0.2) is 0 Å². The molecule has 0 unspecified atom stereocenters. The van der Waals surface area contributed by atoms with Crippen molar-refractivity contribution in [1.82, 2.24) is 0 Å². The average molecular weight is 667 g/mol. The first-order chi connectivity index (χ1) is 25.7. The molecule has 0 amide bonds. The van der Waals surface area contributed by atoms with E-state index in [0.717, 1.165) is 0 Å². The van der Waals surface area contributed by atoms with Crippen LogP contribution in [0.25, 0.3) is 93.7 Å². The van der Waals surface area contributed by atoms with E-state index in [0.29, 0.717) is 0 Å². The summed E-state index contributed by atoms with van der Waals surface area (Å²) in [6.07, 6.45) is 4.34. The third-order valence-corrected chi connectivity index (χ3v) is 10.3. The predicted octanol–water partition coefficient (Wildman–Crippen LogP) is 15.3. The smallest absolute Gasteiger partial charge is 0.00259 e. The molecule has 0 bridgehead atoms. The molecule has 0 radical (unpaired) electrons. The lowest BCUT2D eigenvalue weighted by Gasteiger charge is -2.19. The Morgan fingerprint density at radius 2 is 0.846 bits per heavy atom. The van der Waals surface area contributed by atoms with E-state index in [-0.39, 0.29) is 0 Å². The number of rotatable bonds is 5. The predicted molar refractivity (Wildman–Crippen MR) is 229 cm³/mol. The van der Waals surface area contributed by atoms with Crippen LogP contribution in [0.15, 0.2) is 176 Å². The summed E-state index contributed by atoms with van der Waals surface area (Å²) in [5.41, 5.74) is 12.5. The average Bonchev–Trinajstić information content (AvgIpc) is 3.21. The molecule has 0 aromatic heterocycles. The quantitative estimate of drug-likeness (QED) is 0.160. The molecule has 0 aliphatic rings. The minimum atomic E-state index is 1.21. The fourth-order valence-electron chi connectivity index (χ4n) is 7.83. The lowest BCUT2D eigenvalue weighted by atomic mass is 9.84. The summed E-state index contributed by atoms with van der Waals surface area (Å²) in [6, 6.07) is 62.8. The number of allylic oxidation sites excluding steroid dienone is 1. The Morgan fingerprint density at radius 3 is 1.44 bits per heavy atom. The van der Waals surface area contributed by atoms with Crippen molar-refractivity contribution in [3.63, 3.8) is 0 Å². The maximum absolute atomic E-state index is 2.42. The summed E-state index contributed by atoms with van der Waals surface area (Å²) in [7, 11) is 0. The molecule has 0 aliphatic carbocycles. The second-order valence-corrected chi connectivity index (χ2v) is 13.3. The van der Waals surface area contributed by atoms with Gasteiger partial charge in [0.25, 0.3) is 0 Å². The number of hydrogen-bond acceptors (Lipinski definition) is 0. The number of benzene rings is 9. The molecule has 0 heteroatoms. The molecule has 0 saturated carbocycles. The van der Waals surface area contributed by atoms with Crippen molar-refractivity contribution in [3.05, 3.63) is 187 Å². The minimum absolute atomic E-state index is 1.21. The van der Waals surface area contributed by atoms with Gasteiger partial charge in [0.05, 0.1) is 0 Å². The Bertz CT molecular complexity index is 2760. The molecule has 9 aromatic rings. The third-order valence-electron chi connectivity index (χ3n) is 10.3. The molecule has 0 spiro atoms. The molecule has 250 valence electrons. The Kier molecular flexibility index (Phi) is 8.98. The summed E-state index contributed by atoms with van der Waals surface area (Å²) < 4.78 is 0. The molecular weight excluding hydrogens is 625 g/mol. The van der Waals surface area contributed by atoms with Crippen LogP contribution in [0.2, 0.25) is 0 Å². The van der Waals surface area contributed by atoms with Crippen LogP contribution in [0, 0.1) is 6.92 Å². The van der Waals surface area contributed by atoms with Gasteiger partial charge in [-0.05, 0) is 131 Å². The molecule has 0 N–H and O–H groups in total. The highest BCUT2D eigenvalue weighted by molar-refractivity contribution is 6.22. The molecule has 0 atom stereocenters. The highest BCUT2D eigenvalue weighted by Crippen LogP contribution is 2.46. The van der Waals surface area contributed by atoms with Gasteiger partial charge in [0, 0.05) is 0 Å². The molecular formula is C52H42. The second-order valence-electron chi connectivity index (χ2n) is 13.3. The monoisotopic (exact) mass is 666 g/mol. The molecule has 9 aromatic carbocycles. The van der Waals surface area contributed by atoms with Crippen LogP contribution in [0.1, 0.15) is 31.9 Å². The number of aryl methyl sites for hydroxylation is 1. The van der Waals surface area contributed by atoms with E-state index in [4.69, 9.17) is 0 Å². The highest BCUT2D eigenvalue weighted by Gasteiger charge is 2.18. The van der Waals surface area contributed by atoms with Crippen LogP contribution in [-0.4, -0.2) is 0 Å². The lowest BCUT2D eigenvalue weighted by molar-refractivity contribution is 1.43. The molecule has 9 rings (SSSR count). The first-order valence-electron chi connectivity index (χ1n) is 18.5. The van der Waals surface area contributed by atoms with Gasteiger partial charge in [-0.3, -0.25) is 0 Å². The highest BCUT2D eigenvalue weighted by atomic mass is 14.2. The van der Waals surface area contributed by atoms with E-state index in [1.165, 1.54) is 98.7 Å². The topological polar surface area (TPSA) is 0 Å². The summed E-state index contributed by atoms with van der Waals surface area (Å²) in [4.78, 5) is 0. The maximum atomic E-state index is 2.42. The van der Waals surface area contributed by atoms with Gasteiger partial charge in [-0.15, -0.1) is 0 Å². The number of fused-ring (bicyclic) bond motifs is 4. The van der Waals surface area contributed by atoms with Crippen molar-refractivity contribution in [1.29, 1.82) is 0 Å². The van der Waals surface area contributed by atoms with Crippen molar-refractivity contribution in [2.75, 3.05) is 0 Å².